The highest BCUT2D eigenvalue weighted by atomic mass is 16.5. The van der Waals surface area contributed by atoms with Gasteiger partial charge in [-0.05, 0) is 96.8 Å². The summed E-state index contributed by atoms with van der Waals surface area (Å²) in [5.41, 5.74) is 5.89. The van der Waals surface area contributed by atoms with Gasteiger partial charge in [-0.1, -0.05) is 25.5 Å². The number of hydrogen-bond donors (Lipinski definition) is 1. The lowest BCUT2D eigenvalue weighted by Crippen LogP contribution is -2.04. The van der Waals surface area contributed by atoms with Crippen LogP contribution < -0.4 is 9.47 Å². The Hall–Kier alpha value is -4.85. The molecule has 1 N–H and O–H groups in total. The summed E-state index contributed by atoms with van der Waals surface area (Å²) < 4.78 is 16.6. The van der Waals surface area contributed by atoms with Gasteiger partial charge in [-0.3, -0.25) is 0 Å². The van der Waals surface area contributed by atoms with Crippen LogP contribution >= 0.6 is 0 Å². The molecular weight excluding hydrogens is 512 g/mol. The molecule has 41 heavy (non-hydrogen) atoms. The molecule has 0 saturated carbocycles. The summed E-state index contributed by atoms with van der Waals surface area (Å²) in [5, 5.41) is 15.3. The molecule has 0 fully saturated rings. The molecule has 0 bridgehead atoms. The fraction of sp³-hybridized carbons (Fsp3) is 0.242. The molecule has 3 aromatic carbocycles. The number of unbranched alkanes of at least 4 members (excludes halogenated alkanes) is 1. The van der Waals surface area contributed by atoms with Crippen LogP contribution in [0.2, 0.25) is 0 Å². The summed E-state index contributed by atoms with van der Waals surface area (Å²) in [6, 6.07) is 27.2. The van der Waals surface area contributed by atoms with Crippen molar-refractivity contribution >= 4 is 10.9 Å². The van der Waals surface area contributed by atoms with Gasteiger partial charge in [0.2, 0.25) is 5.82 Å². The first-order chi connectivity index (χ1) is 20.3. The van der Waals surface area contributed by atoms with Crippen molar-refractivity contribution in [3.05, 3.63) is 109 Å². The van der Waals surface area contributed by atoms with Crippen molar-refractivity contribution in [1.82, 2.24) is 29.8 Å². The molecule has 6 aromatic rings. The van der Waals surface area contributed by atoms with E-state index >= 15 is 0 Å². The van der Waals surface area contributed by atoms with Crippen molar-refractivity contribution in [2.75, 3.05) is 13.2 Å². The maximum absolute atomic E-state index is 6.29. The van der Waals surface area contributed by atoms with Gasteiger partial charge in [0.25, 0.3) is 0 Å². The summed E-state index contributed by atoms with van der Waals surface area (Å²) in [6.45, 7) is 4.36. The molecule has 0 amide bonds. The largest absolute Gasteiger partial charge is 0.494 e. The monoisotopic (exact) mass is 546 g/mol. The lowest BCUT2D eigenvalue weighted by Gasteiger charge is -2.14. The Morgan fingerprint density at radius 2 is 1.59 bits per heavy atom. The summed E-state index contributed by atoms with van der Waals surface area (Å²) in [5.74, 6) is 2.39. The van der Waals surface area contributed by atoms with Gasteiger partial charge in [-0.2, -0.15) is 5.21 Å². The van der Waals surface area contributed by atoms with Crippen molar-refractivity contribution in [2.24, 2.45) is 0 Å². The van der Waals surface area contributed by atoms with E-state index in [4.69, 9.17) is 9.47 Å². The second-order valence-corrected chi connectivity index (χ2v) is 10.1. The third-order valence-corrected chi connectivity index (χ3v) is 7.24. The molecule has 208 valence electrons. The zero-order valence-electron chi connectivity index (χ0n) is 23.2. The van der Waals surface area contributed by atoms with Crippen molar-refractivity contribution < 1.29 is 9.47 Å². The first kappa shape index (κ1) is 26.4. The first-order valence-corrected chi connectivity index (χ1v) is 14.2. The molecule has 0 aliphatic carbocycles. The number of tetrazole rings is 1. The Kier molecular flexibility index (Phi) is 8.07. The maximum Gasteiger partial charge on any atom is 0.204 e. The minimum absolute atomic E-state index is 0.574. The number of rotatable bonds is 13. The quantitative estimate of drug-likeness (QED) is 0.160. The maximum atomic E-state index is 6.29. The predicted octanol–water partition coefficient (Wildman–Crippen LogP) is 6.85. The van der Waals surface area contributed by atoms with Crippen LogP contribution in [0.25, 0.3) is 28.0 Å². The molecule has 8 heteroatoms. The highest BCUT2D eigenvalue weighted by Crippen LogP contribution is 2.31. The topological polar surface area (TPSA) is 82.8 Å². The number of H-pyrrole nitrogens is 1. The van der Waals surface area contributed by atoms with Gasteiger partial charge in [-0.15, -0.1) is 10.2 Å². The Bertz CT molecular complexity index is 1650. The number of fused-ring (bicyclic) bond motifs is 1. The highest BCUT2D eigenvalue weighted by molar-refractivity contribution is 5.86. The van der Waals surface area contributed by atoms with Crippen molar-refractivity contribution in [3.63, 3.8) is 0 Å². The third kappa shape index (κ3) is 6.17. The van der Waals surface area contributed by atoms with Gasteiger partial charge in [0, 0.05) is 52.9 Å². The minimum atomic E-state index is 0.574. The summed E-state index contributed by atoms with van der Waals surface area (Å²) in [4.78, 5) is 0. The molecule has 0 radical (unpaired) electrons. The van der Waals surface area contributed by atoms with Gasteiger partial charge >= 0.3 is 0 Å². The average molecular weight is 547 g/mol. The van der Waals surface area contributed by atoms with Crippen LogP contribution in [0.3, 0.4) is 0 Å². The third-order valence-electron chi connectivity index (χ3n) is 7.24. The van der Waals surface area contributed by atoms with E-state index in [0.717, 1.165) is 49.3 Å². The Morgan fingerprint density at radius 1 is 0.805 bits per heavy atom. The standard InChI is InChI=1S/C33H34N6O2/c1-2-7-30-29-18-21-39(24-25-8-12-27(13-9-25)38-19-3-4-20-38)31(29)16-17-32(30)41-23-6-5-22-40-28-14-10-26(11-15-28)33-34-36-37-35-33/h3-4,8-21H,2,5-7,22-24H2,1H3,(H,34,35,36,37). The van der Waals surface area contributed by atoms with E-state index in [1.165, 1.54) is 27.7 Å². The van der Waals surface area contributed by atoms with E-state index in [2.05, 4.69) is 97.7 Å². The van der Waals surface area contributed by atoms with E-state index < -0.39 is 0 Å². The smallest absolute Gasteiger partial charge is 0.204 e. The number of benzene rings is 3. The van der Waals surface area contributed by atoms with Crippen molar-refractivity contribution in [1.29, 1.82) is 0 Å². The summed E-state index contributed by atoms with van der Waals surface area (Å²) in [7, 11) is 0. The molecule has 3 aromatic heterocycles. The Balaban J connectivity index is 1.03. The van der Waals surface area contributed by atoms with E-state index in [1.54, 1.807) is 0 Å². The van der Waals surface area contributed by atoms with Gasteiger partial charge in [0.15, 0.2) is 0 Å². The van der Waals surface area contributed by atoms with E-state index in [0.29, 0.717) is 19.0 Å². The lowest BCUT2D eigenvalue weighted by atomic mass is 10.0. The van der Waals surface area contributed by atoms with Gasteiger partial charge in [-0.25, -0.2) is 0 Å². The number of nitrogens with one attached hydrogen (secondary N) is 1. The number of ether oxygens (including phenoxy) is 2. The van der Waals surface area contributed by atoms with Crippen LogP contribution in [-0.2, 0) is 13.0 Å². The van der Waals surface area contributed by atoms with Gasteiger partial charge in [0.05, 0.1) is 13.2 Å². The number of nitrogens with zero attached hydrogens (tertiary/aromatic N) is 5. The second-order valence-electron chi connectivity index (χ2n) is 10.1. The van der Waals surface area contributed by atoms with Crippen LogP contribution in [-0.4, -0.2) is 43.0 Å². The summed E-state index contributed by atoms with van der Waals surface area (Å²) in [6.07, 6.45) is 10.2. The minimum Gasteiger partial charge on any atom is -0.494 e. The number of aryl methyl sites for hydroxylation is 1. The van der Waals surface area contributed by atoms with Crippen molar-refractivity contribution in [2.45, 2.75) is 39.2 Å². The SMILES string of the molecule is CCCc1c(OCCCCOc2ccc(-c3nn[nH]n3)cc2)ccc2c1ccn2Cc1ccc(-n2cccc2)cc1. The van der Waals surface area contributed by atoms with E-state index in [-0.39, 0.29) is 0 Å². The normalized spacial score (nSPS) is 11.2. The van der Waals surface area contributed by atoms with E-state index in [1.807, 2.05) is 36.4 Å². The number of aromatic amines is 1. The molecule has 0 spiro atoms. The number of aromatic nitrogens is 6. The van der Waals surface area contributed by atoms with Crippen LogP contribution in [0.1, 0.15) is 37.3 Å². The highest BCUT2D eigenvalue weighted by Gasteiger charge is 2.12. The molecular formula is C33H34N6O2. The molecule has 0 saturated heterocycles. The Labute approximate surface area is 239 Å². The molecule has 0 unspecified atom stereocenters. The van der Waals surface area contributed by atoms with Crippen molar-refractivity contribution in [3.8, 4) is 28.6 Å². The molecule has 8 nitrogen and oxygen atoms in total. The zero-order valence-corrected chi connectivity index (χ0v) is 23.2. The fourth-order valence-electron chi connectivity index (χ4n) is 5.13. The van der Waals surface area contributed by atoms with E-state index in [9.17, 15) is 0 Å². The molecule has 0 aliphatic rings. The van der Waals surface area contributed by atoms with Gasteiger partial charge in [0.1, 0.15) is 11.5 Å². The second kappa shape index (κ2) is 12.6. The molecule has 0 aliphatic heterocycles. The molecule has 6 rings (SSSR count). The van der Waals surface area contributed by atoms with Gasteiger partial charge < -0.3 is 18.6 Å². The molecule has 3 heterocycles. The fourth-order valence-corrected chi connectivity index (χ4v) is 5.13. The molecule has 0 atom stereocenters. The first-order valence-electron chi connectivity index (χ1n) is 14.2. The van der Waals surface area contributed by atoms with Crippen LogP contribution in [0.4, 0.5) is 0 Å². The van der Waals surface area contributed by atoms with Crippen LogP contribution in [0.15, 0.2) is 97.5 Å². The number of hydrogen-bond acceptors (Lipinski definition) is 5. The summed E-state index contributed by atoms with van der Waals surface area (Å²) >= 11 is 0. The van der Waals surface area contributed by atoms with Crippen LogP contribution in [0.5, 0.6) is 11.5 Å². The zero-order chi connectivity index (χ0) is 27.9. The predicted molar refractivity (Wildman–Crippen MR) is 161 cm³/mol. The Morgan fingerprint density at radius 3 is 2.32 bits per heavy atom. The average Bonchev–Trinajstić information content (AvgIpc) is 3.80. The lowest BCUT2D eigenvalue weighted by molar-refractivity contribution is 0.265. The van der Waals surface area contributed by atoms with Crippen LogP contribution in [0, 0.1) is 0 Å².